The van der Waals surface area contributed by atoms with Crippen LogP contribution in [-0.2, 0) is 28.3 Å². The maximum atomic E-state index is 12.8. The molecule has 0 bridgehead atoms. The van der Waals surface area contributed by atoms with Crippen molar-refractivity contribution in [3.63, 3.8) is 0 Å². The van der Waals surface area contributed by atoms with Crippen molar-refractivity contribution in [1.82, 2.24) is 5.32 Å². The molecule has 0 aliphatic rings. The number of thiophene rings is 1. The molecular formula is C18H14F3NO4S2. The summed E-state index contributed by atoms with van der Waals surface area (Å²) in [5.74, 6) is -1.30. The van der Waals surface area contributed by atoms with E-state index in [0.717, 1.165) is 23.1 Å². The third kappa shape index (κ3) is 4.82. The van der Waals surface area contributed by atoms with Crippen LogP contribution >= 0.6 is 11.3 Å². The number of carbonyl (C=O) groups is 1. The zero-order valence-electron chi connectivity index (χ0n) is 14.2. The lowest BCUT2D eigenvalue weighted by Gasteiger charge is -2.08. The molecule has 2 aromatic heterocycles. The van der Waals surface area contributed by atoms with E-state index < -0.39 is 38.1 Å². The molecule has 0 fully saturated rings. The number of nitrogens with one attached hydrogen (secondary N) is 1. The Morgan fingerprint density at radius 2 is 1.89 bits per heavy atom. The fraction of sp³-hybridized carbons (Fsp3) is 0.167. The number of carbonyl (C=O) groups excluding carboxylic acids is 1. The number of amides is 1. The third-order valence-electron chi connectivity index (χ3n) is 3.74. The van der Waals surface area contributed by atoms with Gasteiger partial charge in [-0.1, -0.05) is 12.1 Å². The van der Waals surface area contributed by atoms with Gasteiger partial charge in [0.15, 0.2) is 15.6 Å². The number of hydrogen-bond acceptors (Lipinski definition) is 5. The molecule has 0 spiro atoms. The lowest BCUT2D eigenvalue weighted by molar-refractivity contribution is -0.137. The molecule has 0 aliphatic carbocycles. The van der Waals surface area contributed by atoms with E-state index in [4.69, 9.17) is 4.42 Å². The highest BCUT2D eigenvalue weighted by atomic mass is 32.2. The third-order valence-corrected chi connectivity index (χ3v) is 6.25. The zero-order chi connectivity index (χ0) is 20.4. The molecule has 3 rings (SSSR count). The largest absolute Gasteiger partial charge is 0.455 e. The summed E-state index contributed by atoms with van der Waals surface area (Å²) in [6, 6.07) is 9.81. The standard InChI is InChI=1S/C18H14F3NO4S2/c19-18(20,21)12-3-1-5-15(9-12)28(24,25)11-13-6-7-16(26-13)17(23)22-10-14-4-2-8-27-14/h1-9H,10-11H2,(H,22,23). The Bertz CT molecular complexity index is 1070. The van der Waals surface area contributed by atoms with Gasteiger partial charge in [0.1, 0.15) is 11.5 Å². The van der Waals surface area contributed by atoms with Crippen molar-refractivity contribution >= 4 is 27.1 Å². The van der Waals surface area contributed by atoms with Crippen molar-refractivity contribution in [2.24, 2.45) is 0 Å². The molecule has 1 N–H and O–H groups in total. The lowest BCUT2D eigenvalue weighted by Crippen LogP contribution is -2.21. The van der Waals surface area contributed by atoms with E-state index in [2.05, 4.69) is 5.32 Å². The van der Waals surface area contributed by atoms with Crippen LogP contribution in [0, 0.1) is 0 Å². The highest BCUT2D eigenvalue weighted by Crippen LogP contribution is 2.31. The number of hydrogen-bond donors (Lipinski definition) is 1. The van der Waals surface area contributed by atoms with E-state index in [0.29, 0.717) is 12.6 Å². The predicted molar refractivity (Wildman–Crippen MR) is 96.5 cm³/mol. The number of benzene rings is 1. The van der Waals surface area contributed by atoms with Crippen molar-refractivity contribution in [1.29, 1.82) is 0 Å². The molecule has 10 heteroatoms. The summed E-state index contributed by atoms with van der Waals surface area (Å²) in [7, 11) is -4.08. The van der Waals surface area contributed by atoms with Crippen LogP contribution in [0.4, 0.5) is 13.2 Å². The summed E-state index contributed by atoms with van der Waals surface area (Å²) in [4.78, 5) is 12.5. The van der Waals surface area contributed by atoms with Crippen molar-refractivity contribution in [3.8, 4) is 0 Å². The van der Waals surface area contributed by atoms with Gasteiger partial charge >= 0.3 is 6.18 Å². The van der Waals surface area contributed by atoms with E-state index in [-0.39, 0.29) is 11.5 Å². The molecule has 28 heavy (non-hydrogen) atoms. The molecule has 0 aliphatic heterocycles. The second-order valence-electron chi connectivity index (χ2n) is 5.81. The van der Waals surface area contributed by atoms with Crippen molar-refractivity contribution in [2.75, 3.05) is 0 Å². The normalized spacial score (nSPS) is 12.1. The minimum atomic E-state index is -4.65. The highest BCUT2D eigenvalue weighted by molar-refractivity contribution is 7.90. The number of alkyl halides is 3. The van der Waals surface area contributed by atoms with Gasteiger partial charge in [-0.25, -0.2) is 8.42 Å². The summed E-state index contributed by atoms with van der Waals surface area (Å²) >= 11 is 1.47. The average molecular weight is 429 g/mol. The Morgan fingerprint density at radius 1 is 1.11 bits per heavy atom. The molecule has 5 nitrogen and oxygen atoms in total. The van der Waals surface area contributed by atoms with Gasteiger partial charge < -0.3 is 9.73 Å². The van der Waals surface area contributed by atoms with Gasteiger partial charge in [-0.3, -0.25) is 4.79 Å². The van der Waals surface area contributed by atoms with Crippen molar-refractivity contribution < 1.29 is 30.8 Å². The first-order valence-electron chi connectivity index (χ1n) is 7.94. The smallest absolute Gasteiger partial charge is 0.416 e. The van der Waals surface area contributed by atoms with E-state index >= 15 is 0 Å². The monoisotopic (exact) mass is 429 g/mol. The van der Waals surface area contributed by atoms with Gasteiger partial charge in [0.05, 0.1) is 17.0 Å². The van der Waals surface area contributed by atoms with Crippen LogP contribution in [0.5, 0.6) is 0 Å². The second-order valence-corrected chi connectivity index (χ2v) is 8.83. The Kier molecular flexibility index (Phi) is 5.61. The summed E-state index contributed by atoms with van der Waals surface area (Å²) in [5.41, 5.74) is -1.05. The summed E-state index contributed by atoms with van der Waals surface area (Å²) in [6.07, 6.45) is -4.65. The maximum absolute atomic E-state index is 12.8. The van der Waals surface area contributed by atoms with Crippen molar-refractivity contribution in [3.05, 3.63) is 75.9 Å². The second kappa shape index (κ2) is 7.80. The highest BCUT2D eigenvalue weighted by Gasteiger charge is 2.32. The molecule has 0 unspecified atom stereocenters. The fourth-order valence-corrected chi connectivity index (χ4v) is 4.32. The van der Waals surface area contributed by atoms with Gasteiger partial charge in [0, 0.05) is 4.88 Å². The number of furan rings is 1. The molecule has 2 heterocycles. The van der Waals surface area contributed by atoms with Gasteiger partial charge in [0.25, 0.3) is 5.91 Å². The fourth-order valence-electron chi connectivity index (χ4n) is 2.38. The first kappa shape index (κ1) is 20.2. The SMILES string of the molecule is O=C(NCc1cccs1)c1ccc(CS(=O)(=O)c2cccc(C(F)(F)F)c2)o1. The number of sulfone groups is 1. The molecule has 0 atom stereocenters. The van der Waals surface area contributed by atoms with E-state index in [1.54, 1.807) is 0 Å². The Morgan fingerprint density at radius 3 is 2.57 bits per heavy atom. The molecule has 0 saturated heterocycles. The van der Waals surface area contributed by atoms with E-state index in [9.17, 15) is 26.4 Å². The summed E-state index contributed by atoms with van der Waals surface area (Å²) in [6.45, 7) is 0.301. The Balaban J connectivity index is 1.71. The molecule has 0 saturated carbocycles. The van der Waals surface area contributed by atoms with Crippen LogP contribution in [0.1, 0.15) is 26.8 Å². The van der Waals surface area contributed by atoms with E-state index in [1.165, 1.54) is 23.5 Å². The first-order chi connectivity index (χ1) is 13.1. The van der Waals surface area contributed by atoms with Crippen LogP contribution in [-0.4, -0.2) is 14.3 Å². The van der Waals surface area contributed by atoms with Gasteiger partial charge in [-0.05, 0) is 41.8 Å². The van der Waals surface area contributed by atoms with Gasteiger partial charge in [-0.15, -0.1) is 11.3 Å². The molecule has 3 aromatic rings. The molecule has 1 amide bonds. The maximum Gasteiger partial charge on any atom is 0.416 e. The van der Waals surface area contributed by atoms with Crippen LogP contribution < -0.4 is 5.32 Å². The van der Waals surface area contributed by atoms with E-state index in [1.807, 2.05) is 17.5 Å². The summed E-state index contributed by atoms with van der Waals surface area (Å²) in [5, 5.41) is 4.50. The molecule has 1 aromatic carbocycles. The van der Waals surface area contributed by atoms with Crippen LogP contribution in [0.2, 0.25) is 0 Å². The molecule has 148 valence electrons. The number of halogens is 3. The van der Waals surface area contributed by atoms with Crippen LogP contribution in [0.25, 0.3) is 0 Å². The molecular weight excluding hydrogens is 415 g/mol. The topological polar surface area (TPSA) is 76.4 Å². The zero-order valence-corrected chi connectivity index (χ0v) is 15.8. The first-order valence-corrected chi connectivity index (χ1v) is 10.5. The van der Waals surface area contributed by atoms with Crippen molar-refractivity contribution in [2.45, 2.75) is 23.4 Å². The van der Waals surface area contributed by atoms with Gasteiger partial charge in [0.2, 0.25) is 0 Å². The lowest BCUT2D eigenvalue weighted by atomic mass is 10.2. The van der Waals surface area contributed by atoms with Gasteiger partial charge in [-0.2, -0.15) is 13.2 Å². The Labute approximate surface area is 162 Å². The minimum Gasteiger partial charge on any atom is -0.455 e. The predicted octanol–water partition coefficient (Wildman–Crippen LogP) is 4.26. The Hall–Kier alpha value is -2.59. The quantitative estimate of drug-likeness (QED) is 0.635. The average Bonchev–Trinajstić information content (AvgIpc) is 3.30. The summed E-state index contributed by atoms with van der Waals surface area (Å²) < 4.78 is 68.5. The molecule has 0 radical (unpaired) electrons. The minimum absolute atomic E-state index is 0.0429. The van der Waals surface area contributed by atoms with Crippen LogP contribution in [0.15, 0.2) is 63.2 Å². The van der Waals surface area contributed by atoms with Crippen LogP contribution in [0.3, 0.4) is 0 Å². The number of rotatable bonds is 6.